The second kappa shape index (κ2) is 7.23. The molecule has 4 rings (SSSR count). The summed E-state index contributed by atoms with van der Waals surface area (Å²) in [6.45, 7) is 14.7. The standard InChI is InChI=1S/C25H38O2Si/c1-15(2)28(16(3)4,17(5)6)14-23-25-19-9-8-18(12-19)24(25)21-13-20(26-7)10-11-22(21)27-23/h10-11,13-19,24-25H,8-9,12H2,1-7H3/b23-14-. The van der Waals surface area contributed by atoms with Crippen LogP contribution in [0.15, 0.2) is 29.7 Å². The summed E-state index contributed by atoms with van der Waals surface area (Å²) < 4.78 is 12.3. The van der Waals surface area contributed by atoms with E-state index in [1.807, 2.05) is 0 Å². The molecule has 2 aliphatic carbocycles. The highest BCUT2D eigenvalue weighted by Gasteiger charge is 2.54. The molecular formula is C25H38O2Si. The number of allylic oxidation sites excluding steroid dienone is 1. The third-order valence-corrected chi connectivity index (χ3v) is 15.2. The van der Waals surface area contributed by atoms with Crippen molar-refractivity contribution in [3.63, 3.8) is 0 Å². The molecule has 0 aromatic heterocycles. The molecule has 4 unspecified atom stereocenters. The fraction of sp³-hybridized carbons (Fsp3) is 0.680. The van der Waals surface area contributed by atoms with Gasteiger partial charge in [0.2, 0.25) is 0 Å². The minimum Gasteiger partial charge on any atom is -0.497 e. The van der Waals surface area contributed by atoms with Crippen molar-refractivity contribution in [2.45, 2.75) is 83.3 Å². The molecule has 2 bridgehead atoms. The summed E-state index contributed by atoms with van der Waals surface area (Å²) >= 11 is 0. The summed E-state index contributed by atoms with van der Waals surface area (Å²) in [6, 6.07) is 6.46. The Morgan fingerprint density at radius 2 is 1.57 bits per heavy atom. The fourth-order valence-electron chi connectivity index (χ4n) is 7.22. The molecule has 0 spiro atoms. The Labute approximate surface area is 172 Å². The van der Waals surface area contributed by atoms with Crippen LogP contribution in [-0.2, 0) is 0 Å². The maximum absolute atomic E-state index is 6.74. The Hall–Kier alpha value is -1.22. The van der Waals surface area contributed by atoms with E-state index in [4.69, 9.17) is 9.47 Å². The highest BCUT2D eigenvalue weighted by Crippen LogP contribution is 2.63. The van der Waals surface area contributed by atoms with Gasteiger partial charge in [-0.25, -0.2) is 0 Å². The topological polar surface area (TPSA) is 18.5 Å². The van der Waals surface area contributed by atoms with Gasteiger partial charge in [-0.2, -0.15) is 0 Å². The summed E-state index contributed by atoms with van der Waals surface area (Å²) in [4.78, 5) is 0. The van der Waals surface area contributed by atoms with E-state index >= 15 is 0 Å². The molecule has 28 heavy (non-hydrogen) atoms. The molecule has 4 atom stereocenters. The van der Waals surface area contributed by atoms with Gasteiger partial charge in [0.15, 0.2) is 0 Å². The lowest BCUT2D eigenvalue weighted by atomic mass is 9.73. The number of hydrogen-bond acceptors (Lipinski definition) is 2. The van der Waals surface area contributed by atoms with Crippen LogP contribution >= 0.6 is 0 Å². The van der Waals surface area contributed by atoms with E-state index in [2.05, 4.69) is 65.4 Å². The van der Waals surface area contributed by atoms with Crippen LogP contribution in [0, 0.1) is 17.8 Å². The molecule has 2 fully saturated rings. The monoisotopic (exact) mass is 398 g/mol. The van der Waals surface area contributed by atoms with E-state index in [9.17, 15) is 0 Å². The molecule has 1 heterocycles. The van der Waals surface area contributed by atoms with Crippen molar-refractivity contribution in [2.24, 2.45) is 17.8 Å². The molecule has 3 aliphatic rings. The molecular weight excluding hydrogens is 360 g/mol. The van der Waals surface area contributed by atoms with E-state index in [1.165, 1.54) is 30.6 Å². The minimum absolute atomic E-state index is 0.585. The Kier molecular flexibility index (Phi) is 5.18. The summed E-state index contributed by atoms with van der Waals surface area (Å²) in [5, 5.41) is 0. The van der Waals surface area contributed by atoms with Crippen molar-refractivity contribution in [3.8, 4) is 11.5 Å². The third kappa shape index (κ3) is 2.88. The third-order valence-electron chi connectivity index (χ3n) is 8.44. The number of ether oxygens (including phenoxy) is 2. The largest absolute Gasteiger partial charge is 0.497 e. The molecule has 0 N–H and O–H groups in total. The zero-order valence-electron chi connectivity index (χ0n) is 18.8. The summed E-state index contributed by atoms with van der Waals surface area (Å²) in [5.41, 5.74) is 6.28. The molecule has 0 radical (unpaired) electrons. The molecule has 1 aromatic carbocycles. The lowest BCUT2D eigenvalue weighted by Crippen LogP contribution is -2.44. The SMILES string of the molecule is COc1ccc2c(c1)C1C3CCC(C3)C1/C(=C/[Si](C(C)C)(C(C)C)C(C)C)O2. The normalized spacial score (nSPS) is 30.1. The highest BCUT2D eigenvalue weighted by atomic mass is 28.3. The summed E-state index contributed by atoms with van der Waals surface area (Å²) in [7, 11) is 0.114. The van der Waals surface area contributed by atoms with Gasteiger partial charge in [0.25, 0.3) is 0 Å². The molecule has 154 valence electrons. The van der Waals surface area contributed by atoms with Gasteiger partial charge >= 0.3 is 0 Å². The van der Waals surface area contributed by atoms with Gasteiger partial charge in [-0.1, -0.05) is 47.2 Å². The predicted molar refractivity (Wildman–Crippen MR) is 120 cm³/mol. The molecule has 0 saturated heterocycles. The number of hydrogen-bond donors (Lipinski definition) is 0. The van der Waals surface area contributed by atoms with Crippen LogP contribution in [0.2, 0.25) is 16.6 Å². The van der Waals surface area contributed by atoms with Crippen molar-refractivity contribution in [1.29, 1.82) is 0 Å². The summed E-state index contributed by atoms with van der Waals surface area (Å²) in [5.74, 6) is 6.22. The average Bonchev–Trinajstić information content (AvgIpc) is 3.27. The van der Waals surface area contributed by atoms with Crippen molar-refractivity contribution in [2.75, 3.05) is 7.11 Å². The van der Waals surface area contributed by atoms with Crippen LogP contribution in [0.1, 0.15) is 72.3 Å². The first-order chi connectivity index (χ1) is 13.3. The quantitative estimate of drug-likeness (QED) is 0.484. The predicted octanol–water partition coefficient (Wildman–Crippen LogP) is 7.32. The van der Waals surface area contributed by atoms with Crippen LogP contribution in [0.5, 0.6) is 11.5 Å². The van der Waals surface area contributed by atoms with E-state index in [0.29, 0.717) is 11.8 Å². The van der Waals surface area contributed by atoms with E-state index < -0.39 is 8.07 Å². The first-order valence-electron chi connectivity index (χ1n) is 11.4. The maximum atomic E-state index is 6.74. The lowest BCUT2D eigenvalue weighted by Gasteiger charge is -2.44. The maximum Gasteiger partial charge on any atom is 0.130 e. The van der Waals surface area contributed by atoms with Gasteiger partial charge in [0.1, 0.15) is 17.3 Å². The Balaban J connectivity index is 1.85. The number of fused-ring (bicyclic) bond motifs is 7. The molecule has 2 saturated carbocycles. The molecule has 3 heteroatoms. The Bertz CT molecular complexity index is 742. The highest BCUT2D eigenvalue weighted by molar-refractivity contribution is 6.88. The second-order valence-corrected chi connectivity index (χ2v) is 16.2. The lowest BCUT2D eigenvalue weighted by molar-refractivity contribution is 0.216. The van der Waals surface area contributed by atoms with Gasteiger partial charge in [-0.05, 0) is 65.9 Å². The van der Waals surface area contributed by atoms with Crippen LogP contribution < -0.4 is 9.47 Å². The van der Waals surface area contributed by atoms with Gasteiger partial charge < -0.3 is 9.47 Å². The van der Waals surface area contributed by atoms with Crippen LogP contribution in [-0.4, -0.2) is 15.2 Å². The zero-order chi connectivity index (χ0) is 20.2. The summed E-state index contributed by atoms with van der Waals surface area (Å²) in [6.07, 6.45) is 4.15. The second-order valence-electron chi connectivity index (χ2n) is 10.4. The Morgan fingerprint density at radius 3 is 2.14 bits per heavy atom. The van der Waals surface area contributed by atoms with Crippen molar-refractivity contribution in [1.82, 2.24) is 0 Å². The van der Waals surface area contributed by atoms with E-state index in [0.717, 1.165) is 40.0 Å². The molecule has 2 nitrogen and oxygen atoms in total. The number of rotatable bonds is 5. The molecule has 1 aliphatic heterocycles. The van der Waals surface area contributed by atoms with E-state index in [1.54, 1.807) is 7.11 Å². The van der Waals surface area contributed by atoms with Gasteiger partial charge in [-0.15, -0.1) is 0 Å². The smallest absolute Gasteiger partial charge is 0.130 e. The van der Waals surface area contributed by atoms with Crippen molar-refractivity contribution < 1.29 is 9.47 Å². The minimum atomic E-state index is -1.65. The van der Waals surface area contributed by atoms with Crippen LogP contribution in [0.25, 0.3) is 0 Å². The number of methoxy groups -OCH3 is 1. The van der Waals surface area contributed by atoms with Crippen molar-refractivity contribution in [3.05, 3.63) is 35.2 Å². The van der Waals surface area contributed by atoms with Gasteiger partial charge in [0.05, 0.1) is 15.2 Å². The zero-order valence-corrected chi connectivity index (χ0v) is 19.8. The fourth-order valence-corrected chi connectivity index (χ4v) is 13.0. The van der Waals surface area contributed by atoms with Gasteiger partial charge in [-0.3, -0.25) is 0 Å². The number of benzene rings is 1. The molecule has 1 aromatic rings. The first kappa shape index (κ1) is 20.1. The van der Waals surface area contributed by atoms with Crippen LogP contribution in [0.3, 0.4) is 0 Å². The average molecular weight is 399 g/mol. The van der Waals surface area contributed by atoms with E-state index in [-0.39, 0.29) is 0 Å². The van der Waals surface area contributed by atoms with Crippen LogP contribution in [0.4, 0.5) is 0 Å². The van der Waals surface area contributed by atoms with Gasteiger partial charge in [0, 0.05) is 17.4 Å². The van der Waals surface area contributed by atoms with Crippen molar-refractivity contribution >= 4 is 8.07 Å². The molecule has 0 amide bonds. The first-order valence-corrected chi connectivity index (χ1v) is 13.7. The Morgan fingerprint density at radius 1 is 0.964 bits per heavy atom.